The highest BCUT2D eigenvalue weighted by Gasteiger charge is 2.49. The molecule has 0 aromatic carbocycles. The Morgan fingerprint density at radius 1 is 1.13 bits per heavy atom. The van der Waals surface area contributed by atoms with Crippen molar-refractivity contribution in [2.24, 2.45) is 11.8 Å². The largest absolute Gasteiger partial charge is 0.416 e. The van der Waals surface area contributed by atoms with Gasteiger partial charge in [-0.05, 0) is 70.1 Å². The summed E-state index contributed by atoms with van der Waals surface area (Å²) in [6.45, 7) is 5.93. The number of halogens is 5. The van der Waals surface area contributed by atoms with E-state index in [-0.39, 0.29) is 54.4 Å². The first-order chi connectivity index (χ1) is 22.0. The Morgan fingerprint density at radius 3 is 2.47 bits per heavy atom. The third-order valence-electron chi connectivity index (χ3n) is 8.77. The van der Waals surface area contributed by atoms with Crippen LogP contribution < -0.4 is 10.6 Å². The molecular weight excluding hydrogens is 629 g/mol. The normalized spacial score (nSPS) is 19.0. The van der Waals surface area contributed by atoms with Crippen molar-refractivity contribution in [1.82, 2.24) is 35.0 Å². The zero-order chi connectivity index (χ0) is 34.1. The number of alkyl halides is 5. The third kappa shape index (κ3) is 8.08. The lowest BCUT2D eigenvalue weighted by Crippen LogP contribution is -2.44. The summed E-state index contributed by atoms with van der Waals surface area (Å²) in [6, 6.07) is 1.47. The van der Waals surface area contributed by atoms with Gasteiger partial charge in [0.05, 0.1) is 36.8 Å². The Morgan fingerprint density at radius 2 is 1.83 bits per heavy atom. The van der Waals surface area contributed by atoms with E-state index >= 15 is 0 Å². The monoisotopic (exact) mass is 669 g/mol. The highest BCUT2D eigenvalue weighted by molar-refractivity contribution is 5.92. The zero-order valence-corrected chi connectivity index (χ0v) is 26.7. The van der Waals surface area contributed by atoms with Crippen LogP contribution in [0.25, 0.3) is 5.65 Å². The van der Waals surface area contributed by atoms with Crippen molar-refractivity contribution >= 4 is 17.5 Å². The molecule has 1 saturated heterocycles. The van der Waals surface area contributed by atoms with Crippen LogP contribution in [0.5, 0.6) is 0 Å². The number of amides is 2. The minimum atomic E-state index is -4.67. The molecule has 2 amide bonds. The molecule has 0 radical (unpaired) electrons. The smallest absolute Gasteiger partial charge is 0.381 e. The standard InChI is InChI=1S/C31H40F5N7O4/c1-18(2)43-24(5-8-37-43)28(45)40-23(17-47-29(3,4)31(34,35)36)22-16-42-25(39-22)12-21(15-38-42)27(20-6-9-46-10-7-20)41-26(44)11-19-13-30(32,33)14-19/h5,8,12,15-16,18-20,23,27H,6-7,9-11,13-14,17H2,1-4H3,(H,40,45)(H,41,44)/t23-,27?/m0/s1. The molecule has 1 aliphatic heterocycles. The quantitative estimate of drug-likeness (QED) is 0.249. The molecule has 1 saturated carbocycles. The van der Waals surface area contributed by atoms with Gasteiger partial charge in [0.15, 0.2) is 11.2 Å². The number of rotatable bonds is 12. The van der Waals surface area contributed by atoms with Crippen LogP contribution in [0.4, 0.5) is 22.0 Å². The Labute approximate surface area is 268 Å². The van der Waals surface area contributed by atoms with E-state index in [0.717, 1.165) is 13.8 Å². The second kappa shape index (κ2) is 13.5. The van der Waals surface area contributed by atoms with E-state index < -0.39 is 42.3 Å². The lowest BCUT2D eigenvalue weighted by molar-refractivity contribution is -0.265. The van der Waals surface area contributed by atoms with E-state index in [0.29, 0.717) is 37.3 Å². The summed E-state index contributed by atoms with van der Waals surface area (Å²) in [5.74, 6) is -4.03. The highest BCUT2D eigenvalue weighted by atomic mass is 19.4. The predicted octanol–water partition coefficient (Wildman–Crippen LogP) is 5.35. The maximum atomic E-state index is 13.6. The second-order valence-electron chi connectivity index (χ2n) is 13.2. The second-order valence-corrected chi connectivity index (χ2v) is 13.2. The Balaban J connectivity index is 1.41. The average molecular weight is 670 g/mol. The summed E-state index contributed by atoms with van der Waals surface area (Å²) >= 11 is 0. The minimum Gasteiger partial charge on any atom is -0.381 e. The minimum absolute atomic E-state index is 0.00920. The third-order valence-corrected chi connectivity index (χ3v) is 8.77. The molecule has 258 valence electrons. The van der Waals surface area contributed by atoms with Gasteiger partial charge in [0, 0.05) is 44.7 Å². The Kier molecular flexibility index (Phi) is 9.92. The van der Waals surface area contributed by atoms with Crippen molar-refractivity contribution in [3.63, 3.8) is 0 Å². The van der Waals surface area contributed by atoms with Crippen LogP contribution in [0.3, 0.4) is 0 Å². The van der Waals surface area contributed by atoms with Crippen molar-refractivity contribution in [2.45, 2.75) is 95.6 Å². The number of nitrogens with one attached hydrogen (secondary N) is 2. The van der Waals surface area contributed by atoms with Crippen LogP contribution in [0.15, 0.2) is 30.7 Å². The average Bonchev–Trinajstić information content (AvgIpc) is 3.64. The van der Waals surface area contributed by atoms with Gasteiger partial charge in [-0.25, -0.2) is 18.3 Å². The summed E-state index contributed by atoms with van der Waals surface area (Å²) < 4.78 is 81.4. The number of aromatic nitrogens is 5. The first-order valence-electron chi connectivity index (χ1n) is 15.7. The van der Waals surface area contributed by atoms with Crippen molar-refractivity contribution in [3.8, 4) is 0 Å². The van der Waals surface area contributed by atoms with Gasteiger partial charge in [0.25, 0.3) is 5.91 Å². The van der Waals surface area contributed by atoms with Gasteiger partial charge in [-0.1, -0.05) is 0 Å². The van der Waals surface area contributed by atoms with Gasteiger partial charge in [0.1, 0.15) is 5.69 Å². The van der Waals surface area contributed by atoms with E-state index in [1.807, 2.05) is 13.8 Å². The summed E-state index contributed by atoms with van der Waals surface area (Å²) in [7, 11) is 0. The molecular formula is C31H40F5N7O4. The summed E-state index contributed by atoms with van der Waals surface area (Å²) in [5, 5.41) is 14.4. The summed E-state index contributed by atoms with van der Waals surface area (Å²) in [5.41, 5.74) is -1.14. The molecule has 3 aromatic heterocycles. The molecule has 11 nitrogen and oxygen atoms in total. The molecule has 1 unspecified atom stereocenters. The van der Waals surface area contributed by atoms with Crippen molar-refractivity contribution in [3.05, 3.63) is 47.7 Å². The SMILES string of the molecule is CC(C)n1nccc1C(=O)N[C@@H](COC(C)(C)C(F)(F)F)c1cn2ncc(C(NC(=O)CC3CC(F)(F)C3)C3CCOCC3)cc2n1. The van der Waals surface area contributed by atoms with Crippen LogP contribution in [-0.4, -0.2) is 73.7 Å². The number of hydrogen-bond donors (Lipinski definition) is 2. The number of fused-ring (bicyclic) bond motifs is 1. The summed E-state index contributed by atoms with van der Waals surface area (Å²) in [4.78, 5) is 30.9. The molecule has 2 atom stereocenters. The zero-order valence-electron chi connectivity index (χ0n) is 26.7. The van der Waals surface area contributed by atoms with Crippen molar-refractivity contribution in [1.29, 1.82) is 0 Å². The van der Waals surface area contributed by atoms with Crippen molar-refractivity contribution in [2.75, 3.05) is 19.8 Å². The van der Waals surface area contributed by atoms with Gasteiger partial charge in [-0.15, -0.1) is 0 Å². The van der Waals surface area contributed by atoms with Gasteiger partial charge in [0.2, 0.25) is 11.8 Å². The predicted molar refractivity (Wildman–Crippen MR) is 159 cm³/mol. The molecule has 16 heteroatoms. The van der Waals surface area contributed by atoms with Gasteiger partial charge in [-0.2, -0.15) is 23.4 Å². The van der Waals surface area contributed by atoms with Crippen LogP contribution >= 0.6 is 0 Å². The van der Waals surface area contributed by atoms with Crippen LogP contribution in [-0.2, 0) is 14.3 Å². The molecule has 0 bridgehead atoms. The lowest BCUT2D eigenvalue weighted by atomic mass is 9.79. The van der Waals surface area contributed by atoms with Crippen molar-refractivity contribution < 1.29 is 41.0 Å². The molecule has 1 aliphatic carbocycles. The lowest BCUT2D eigenvalue weighted by Gasteiger charge is -2.35. The molecule has 3 aromatic rings. The molecule has 5 rings (SSSR count). The molecule has 2 N–H and O–H groups in total. The van der Waals surface area contributed by atoms with Gasteiger partial charge in [-0.3, -0.25) is 14.3 Å². The Bertz CT molecular complexity index is 1560. The molecule has 4 heterocycles. The fourth-order valence-corrected chi connectivity index (χ4v) is 5.91. The van der Waals surface area contributed by atoms with E-state index in [2.05, 4.69) is 25.8 Å². The molecule has 2 fully saturated rings. The number of carbonyl (C=O) groups excluding carboxylic acids is 2. The first-order valence-corrected chi connectivity index (χ1v) is 15.7. The van der Waals surface area contributed by atoms with Gasteiger partial charge < -0.3 is 20.1 Å². The van der Waals surface area contributed by atoms with E-state index in [1.165, 1.54) is 27.7 Å². The summed E-state index contributed by atoms with van der Waals surface area (Å²) in [6.07, 6.45) is 0.525. The van der Waals surface area contributed by atoms with Crippen LogP contribution in [0.1, 0.15) is 99.7 Å². The number of nitrogens with zero attached hydrogens (tertiary/aromatic N) is 5. The number of ether oxygens (including phenoxy) is 2. The first kappa shape index (κ1) is 34.7. The number of hydrogen-bond acceptors (Lipinski definition) is 7. The van der Waals surface area contributed by atoms with E-state index in [9.17, 15) is 31.5 Å². The fraction of sp³-hybridized carbons (Fsp3) is 0.645. The maximum absolute atomic E-state index is 13.6. The Hall–Kier alpha value is -3.66. The molecule has 47 heavy (non-hydrogen) atoms. The molecule has 2 aliphatic rings. The van der Waals surface area contributed by atoms with Crippen LogP contribution in [0.2, 0.25) is 0 Å². The fourth-order valence-electron chi connectivity index (χ4n) is 5.91. The van der Waals surface area contributed by atoms with Gasteiger partial charge >= 0.3 is 6.18 Å². The highest BCUT2D eigenvalue weighted by Crippen LogP contribution is 2.44. The number of carbonyl (C=O) groups is 2. The van der Waals surface area contributed by atoms with Crippen LogP contribution in [0, 0.1) is 11.8 Å². The molecule has 0 spiro atoms. The maximum Gasteiger partial charge on any atom is 0.416 e. The van der Waals surface area contributed by atoms with E-state index in [1.54, 1.807) is 12.3 Å². The topological polar surface area (TPSA) is 125 Å². The van der Waals surface area contributed by atoms with E-state index in [4.69, 9.17) is 9.47 Å². The number of imidazole rings is 1.